The standard InChI is InChI=1S/C10H7BrClFO2/c1-6(12)5-15-10(14)8-4-7(13)2-3-9(8)11/h2-4H,1,5H2. The minimum Gasteiger partial charge on any atom is -0.456 e. The summed E-state index contributed by atoms with van der Waals surface area (Å²) in [5.74, 6) is -1.15. The molecule has 0 spiro atoms. The van der Waals surface area contributed by atoms with E-state index in [9.17, 15) is 9.18 Å². The number of carbonyl (C=O) groups is 1. The molecule has 0 fully saturated rings. The fraction of sp³-hybridized carbons (Fsp3) is 0.100. The minimum absolute atomic E-state index is 0.0939. The van der Waals surface area contributed by atoms with Gasteiger partial charge in [0.2, 0.25) is 0 Å². The first-order valence-corrected chi connectivity index (χ1v) is 5.13. The van der Waals surface area contributed by atoms with Crippen LogP contribution in [0.4, 0.5) is 4.39 Å². The second kappa shape index (κ2) is 5.28. The summed E-state index contributed by atoms with van der Waals surface area (Å²) in [6.45, 7) is 3.27. The number of hydrogen-bond acceptors (Lipinski definition) is 2. The predicted octanol–water partition coefficient (Wildman–Crippen LogP) is 3.50. The van der Waals surface area contributed by atoms with Gasteiger partial charge in [0.1, 0.15) is 12.4 Å². The van der Waals surface area contributed by atoms with E-state index in [1.165, 1.54) is 12.1 Å². The van der Waals surface area contributed by atoms with E-state index in [4.69, 9.17) is 16.3 Å². The minimum atomic E-state index is -0.650. The van der Waals surface area contributed by atoms with Gasteiger partial charge in [0.05, 0.1) is 5.56 Å². The van der Waals surface area contributed by atoms with Crippen molar-refractivity contribution in [3.05, 3.63) is 45.7 Å². The van der Waals surface area contributed by atoms with Gasteiger partial charge in [0, 0.05) is 9.51 Å². The van der Waals surface area contributed by atoms with Gasteiger partial charge < -0.3 is 4.74 Å². The second-order valence-corrected chi connectivity index (χ2v) is 4.11. The summed E-state index contributed by atoms with van der Waals surface area (Å²) >= 11 is 8.54. The van der Waals surface area contributed by atoms with Gasteiger partial charge in [-0.3, -0.25) is 0 Å². The summed E-state index contributed by atoms with van der Waals surface area (Å²) in [6.07, 6.45) is 0. The molecule has 0 amide bonds. The topological polar surface area (TPSA) is 26.3 Å². The van der Waals surface area contributed by atoms with E-state index in [0.717, 1.165) is 6.07 Å². The lowest BCUT2D eigenvalue weighted by molar-refractivity contribution is 0.0544. The third-order valence-corrected chi connectivity index (χ3v) is 2.31. The number of ether oxygens (including phenoxy) is 1. The summed E-state index contributed by atoms with van der Waals surface area (Å²) in [7, 11) is 0. The van der Waals surface area contributed by atoms with Crippen LogP contribution in [-0.4, -0.2) is 12.6 Å². The van der Waals surface area contributed by atoms with Crippen LogP contribution in [0.5, 0.6) is 0 Å². The summed E-state index contributed by atoms with van der Waals surface area (Å²) in [5, 5.41) is 0.205. The van der Waals surface area contributed by atoms with Crippen LogP contribution in [0.15, 0.2) is 34.3 Å². The first kappa shape index (κ1) is 12.2. The zero-order valence-corrected chi connectivity index (χ0v) is 9.94. The second-order valence-electron chi connectivity index (χ2n) is 2.72. The van der Waals surface area contributed by atoms with Crippen molar-refractivity contribution < 1.29 is 13.9 Å². The molecule has 1 rings (SSSR count). The molecule has 0 unspecified atom stereocenters. The van der Waals surface area contributed by atoms with Crippen LogP contribution in [0.1, 0.15) is 10.4 Å². The highest BCUT2D eigenvalue weighted by atomic mass is 79.9. The molecule has 15 heavy (non-hydrogen) atoms. The number of benzene rings is 1. The zero-order valence-electron chi connectivity index (χ0n) is 7.60. The molecule has 0 saturated heterocycles. The Morgan fingerprint density at radius 3 is 2.87 bits per heavy atom. The van der Waals surface area contributed by atoms with Crippen LogP contribution in [0.2, 0.25) is 0 Å². The summed E-state index contributed by atoms with van der Waals surface area (Å²) in [6, 6.07) is 3.76. The molecule has 80 valence electrons. The van der Waals surface area contributed by atoms with Gasteiger partial charge in [-0.15, -0.1) is 0 Å². The molecule has 0 aliphatic rings. The summed E-state index contributed by atoms with van der Waals surface area (Å²) < 4.78 is 18.1. The molecule has 5 heteroatoms. The Bertz CT molecular complexity index is 406. The average Bonchev–Trinajstić information content (AvgIpc) is 2.18. The molecule has 0 aliphatic carbocycles. The van der Waals surface area contributed by atoms with Crippen molar-refractivity contribution in [2.45, 2.75) is 0 Å². The number of halogens is 3. The van der Waals surface area contributed by atoms with Gasteiger partial charge in [-0.1, -0.05) is 18.2 Å². The van der Waals surface area contributed by atoms with Crippen LogP contribution in [-0.2, 0) is 4.74 Å². The van der Waals surface area contributed by atoms with Crippen LogP contribution >= 0.6 is 27.5 Å². The molecule has 0 heterocycles. The van der Waals surface area contributed by atoms with E-state index >= 15 is 0 Å². The molecule has 0 atom stereocenters. The van der Waals surface area contributed by atoms with E-state index in [0.29, 0.717) is 4.47 Å². The molecular formula is C10H7BrClFO2. The SMILES string of the molecule is C=C(Cl)COC(=O)c1cc(F)ccc1Br. The lowest BCUT2D eigenvalue weighted by Gasteiger charge is -2.05. The van der Waals surface area contributed by atoms with E-state index in [1.807, 2.05) is 0 Å². The summed E-state index contributed by atoms with van der Waals surface area (Å²) in [4.78, 5) is 11.4. The largest absolute Gasteiger partial charge is 0.456 e. The summed E-state index contributed by atoms with van der Waals surface area (Å²) in [5.41, 5.74) is 0.118. The van der Waals surface area contributed by atoms with Crippen LogP contribution in [0, 0.1) is 5.82 Å². The van der Waals surface area contributed by atoms with Crippen molar-refractivity contribution in [3.63, 3.8) is 0 Å². The highest BCUT2D eigenvalue weighted by Gasteiger charge is 2.12. The van der Waals surface area contributed by atoms with Crippen molar-refractivity contribution in [1.82, 2.24) is 0 Å². The maximum Gasteiger partial charge on any atom is 0.339 e. The van der Waals surface area contributed by atoms with Gasteiger partial charge in [-0.05, 0) is 34.1 Å². The maximum absolute atomic E-state index is 12.8. The monoisotopic (exact) mass is 292 g/mol. The van der Waals surface area contributed by atoms with Crippen LogP contribution < -0.4 is 0 Å². The van der Waals surface area contributed by atoms with Crippen LogP contribution in [0.3, 0.4) is 0 Å². The lowest BCUT2D eigenvalue weighted by atomic mass is 10.2. The molecular weight excluding hydrogens is 286 g/mol. The van der Waals surface area contributed by atoms with Crippen molar-refractivity contribution >= 4 is 33.5 Å². The molecule has 0 saturated carbocycles. The molecule has 0 N–H and O–H groups in total. The Morgan fingerprint density at radius 1 is 1.60 bits per heavy atom. The van der Waals surface area contributed by atoms with Crippen molar-refractivity contribution in [2.24, 2.45) is 0 Å². The van der Waals surface area contributed by atoms with E-state index in [2.05, 4.69) is 22.5 Å². The third kappa shape index (κ3) is 3.64. The number of hydrogen-bond donors (Lipinski definition) is 0. The molecule has 1 aromatic carbocycles. The van der Waals surface area contributed by atoms with Gasteiger partial charge in [-0.2, -0.15) is 0 Å². The quantitative estimate of drug-likeness (QED) is 0.797. The van der Waals surface area contributed by atoms with E-state index < -0.39 is 11.8 Å². The molecule has 1 aromatic rings. The maximum atomic E-state index is 12.8. The third-order valence-electron chi connectivity index (χ3n) is 1.51. The van der Waals surface area contributed by atoms with Crippen LogP contribution in [0.25, 0.3) is 0 Å². The van der Waals surface area contributed by atoms with Crippen molar-refractivity contribution in [1.29, 1.82) is 0 Å². The van der Waals surface area contributed by atoms with Gasteiger partial charge in [0.15, 0.2) is 0 Å². The first-order valence-electron chi connectivity index (χ1n) is 3.96. The lowest BCUT2D eigenvalue weighted by Crippen LogP contribution is -2.07. The average molecular weight is 294 g/mol. The highest BCUT2D eigenvalue weighted by molar-refractivity contribution is 9.10. The van der Waals surface area contributed by atoms with E-state index in [1.54, 1.807) is 0 Å². The van der Waals surface area contributed by atoms with Gasteiger partial charge in [0.25, 0.3) is 0 Å². The van der Waals surface area contributed by atoms with E-state index in [-0.39, 0.29) is 17.2 Å². The Balaban J connectivity index is 2.81. The van der Waals surface area contributed by atoms with Crippen molar-refractivity contribution in [3.8, 4) is 0 Å². The molecule has 2 nitrogen and oxygen atoms in total. The predicted molar refractivity (Wildman–Crippen MR) is 59.4 cm³/mol. The smallest absolute Gasteiger partial charge is 0.339 e. The molecule has 0 aromatic heterocycles. The van der Waals surface area contributed by atoms with Gasteiger partial charge >= 0.3 is 5.97 Å². The Hall–Kier alpha value is -0.870. The van der Waals surface area contributed by atoms with Crippen molar-refractivity contribution in [2.75, 3.05) is 6.61 Å². The molecule has 0 radical (unpaired) electrons. The first-order chi connectivity index (χ1) is 7.00. The normalized spacial score (nSPS) is 9.80. The fourth-order valence-corrected chi connectivity index (χ4v) is 1.34. The highest BCUT2D eigenvalue weighted by Crippen LogP contribution is 2.19. The molecule has 0 bridgehead atoms. The Kier molecular flexibility index (Phi) is 4.29. The zero-order chi connectivity index (χ0) is 11.4. The number of rotatable bonds is 3. The fourth-order valence-electron chi connectivity index (χ4n) is 0.876. The Morgan fingerprint density at radius 2 is 2.27 bits per heavy atom. The number of esters is 1. The Labute approximate surface area is 99.8 Å². The number of carbonyl (C=O) groups excluding carboxylic acids is 1. The molecule has 0 aliphatic heterocycles. The van der Waals surface area contributed by atoms with Gasteiger partial charge in [-0.25, -0.2) is 9.18 Å².